The minimum absolute atomic E-state index is 0.157. The van der Waals surface area contributed by atoms with E-state index in [1.165, 1.54) is 37.7 Å². The molecule has 0 spiro atoms. The summed E-state index contributed by atoms with van der Waals surface area (Å²) < 4.78 is 13.0. The highest BCUT2D eigenvalue weighted by Crippen LogP contribution is 2.34. The zero-order valence-corrected chi connectivity index (χ0v) is 13.8. The Hall–Kier alpha value is -1.58. The lowest BCUT2D eigenvalue weighted by Crippen LogP contribution is -2.64. The maximum absolute atomic E-state index is 13.0. The van der Waals surface area contributed by atoms with E-state index >= 15 is 0 Å². The van der Waals surface area contributed by atoms with Gasteiger partial charge in [0.25, 0.3) is 0 Å². The molecular weight excluding hydrogens is 289 g/mol. The zero-order chi connectivity index (χ0) is 15.8. The molecule has 0 aliphatic carbocycles. The van der Waals surface area contributed by atoms with Crippen molar-refractivity contribution >= 4 is 5.96 Å². The molecule has 0 radical (unpaired) electrons. The van der Waals surface area contributed by atoms with Gasteiger partial charge in [-0.1, -0.05) is 12.1 Å². The monoisotopic (exact) mass is 315 g/mol. The van der Waals surface area contributed by atoms with Crippen molar-refractivity contribution < 1.29 is 4.39 Å². The van der Waals surface area contributed by atoms with E-state index in [2.05, 4.69) is 17.1 Å². The average molecular weight is 315 g/mol. The minimum atomic E-state index is -0.157. The summed E-state index contributed by atoms with van der Waals surface area (Å²) in [7, 11) is 0. The predicted octanol–water partition coefficient (Wildman–Crippen LogP) is 3.49. The molecule has 3 nitrogen and oxygen atoms in total. The molecule has 4 rings (SSSR count). The first-order valence-electron chi connectivity index (χ1n) is 9.06. The summed E-state index contributed by atoms with van der Waals surface area (Å²) in [6, 6.07) is 9.20. The molecule has 3 heterocycles. The van der Waals surface area contributed by atoms with Gasteiger partial charge in [-0.2, -0.15) is 0 Å². The van der Waals surface area contributed by atoms with Crippen molar-refractivity contribution in [3.05, 3.63) is 35.6 Å². The maximum atomic E-state index is 13.0. The third-order valence-electron chi connectivity index (χ3n) is 5.64. The van der Waals surface area contributed by atoms with Crippen molar-refractivity contribution in [2.75, 3.05) is 0 Å². The number of rotatable bonds is 3. The molecule has 4 heteroatoms. The van der Waals surface area contributed by atoms with E-state index in [1.54, 1.807) is 12.1 Å². The van der Waals surface area contributed by atoms with Gasteiger partial charge in [0.1, 0.15) is 5.82 Å². The van der Waals surface area contributed by atoms with Gasteiger partial charge >= 0.3 is 0 Å². The van der Waals surface area contributed by atoms with Crippen LogP contribution in [0.3, 0.4) is 0 Å². The Morgan fingerprint density at radius 2 is 1.91 bits per heavy atom. The molecule has 2 saturated heterocycles. The Balaban J connectivity index is 1.46. The fourth-order valence-electron chi connectivity index (χ4n) is 4.55. The van der Waals surface area contributed by atoms with E-state index in [-0.39, 0.29) is 5.82 Å². The Bertz CT molecular complexity index is 583. The van der Waals surface area contributed by atoms with Crippen LogP contribution in [0, 0.1) is 5.82 Å². The molecule has 3 aliphatic rings. The van der Waals surface area contributed by atoms with Crippen LogP contribution in [0.5, 0.6) is 0 Å². The van der Waals surface area contributed by atoms with Crippen LogP contribution in [0.15, 0.2) is 29.3 Å². The summed E-state index contributed by atoms with van der Waals surface area (Å²) in [5, 5.41) is 3.61. The zero-order valence-electron chi connectivity index (χ0n) is 13.8. The second-order valence-electron chi connectivity index (χ2n) is 7.43. The number of nitrogens with one attached hydrogen (secondary N) is 1. The van der Waals surface area contributed by atoms with Crippen LogP contribution in [-0.2, 0) is 6.42 Å². The van der Waals surface area contributed by atoms with Gasteiger partial charge in [0, 0.05) is 18.1 Å². The Labute approximate surface area is 138 Å². The lowest BCUT2D eigenvalue weighted by Gasteiger charge is -2.52. The lowest BCUT2D eigenvalue weighted by molar-refractivity contribution is 0.102. The molecule has 0 amide bonds. The number of hydrogen-bond acceptors (Lipinski definition) is 3. The molecule has 0 saturated carbocycles. The van der Waals surface area contributed by atoms with Crippen molar-refractivity contribution in [3.8, 4) is 0 Å². The van der Waals surface area contributed by atoms with Crippen LogP contribution in [0.2, 0.25) is 0 Å². The number of halogens is 1. The number of benzene rings is 1. The van der Waals surface area contributed by atoms with Gasteiger partial charge in [0.2, 0.25) is 0 Å². The molecule has 1 N–H and O–H groups in total. The van der Waals surface area contributed by atoms with Crippen molar-refractivity contribution in [1.82, 2.24) is 10.2 Å². The van der Waals surface area contributed by atoms with Crippen molar-refractivity contribution in [1.29, 1.82) is 0 Å². The minimum Gasteiger partial charge on any atom is -0.354 e. The molecule has 23 heavy (non-hydrogen) atoms. The number of piperidine rings is 1. The van der Waals surface area contributed by atoms with Gasteiger partial charge < -0.3 is 10.2 Å². The predicted molar refractivity (Wildman–Crippen MR) is 91.0 cm³/mol. The van der Waals surface area contributed by atoms with Crippen LogP contribution >= 0.6 is 0 Å². The molecule has 2 fully saturated rings. The van der Waals surface area contributed by atoms with E-state index < -0.39 is 0 Å². The number of aryl methyl sites for hydroxylation is 1. The fourth-order valence-corrected chi connectivity index (χ4v) is 4.55. The summed E-state index contributed by atoms with van der Waals surface area (Å²) in [6.07, 6.45) is 8.44. The highest BCUT2D eigenvalue weighted by molar-refractivity contribution is 5.82. The maximum Gasteiger partial charge on any atom is 0.194 e. The molecule has 1 aromatic rings. The normalized spacial score (nSPS) is 32.8. The van der Waals surface area contributed by atoms with Gasteiger partial charge in [-0.15, -0.1) is 0 Å². The largest absolute Gasteiger partial charge is 0.354 e. The molecule has 124 valence electrons. The number of nitrogens with zero attached hydrogens (tertiary/aromatic N) is 2. The molecule has 0 unspecified atom stereocenters. The number of aliphatic imine (C=N–C) groups is 1. The van der Waals surface area contributed by atoms with Crippen LogP contribution in [0.1, 0.15) is 51.0 Å². The molecule has 0 bridgehead atoms. The van der Waals surface area contributed by atoms with E-state index in [0.717, 1.165) is 18.8 Å². The van der Waals surface area contributed by atoms with Crippen molar-refractivity contribution in [2.24, 2.45) is 4.99 Å². The van der Waals surface area contributed by atoms with Crippen molar-refractivity contribution in [3.63, 3.8) is 0 Å². The first kappa shape index (κ1) is 15.0. The van der Waals surface area contributed by atoms with Crippen LogP contribution in [-0.4, -0.2) is 35.0 Å². The summed E-state index contributed by atoms with van der Waals surface area (Å²) in [6.45, 7) is 2.27. The first-order chi connectivity index (χ1) is 11.2. The van der Waals surface area contributed by atoms with Gasteiger partial charge in [0.05, 0.1) is 6.04 Å². The average Bonchev–Trinajstić information content (AvgIpc) is 2.54. The third kappa shape index (κ3) is 3.08. The summed E-state index contributed by atoms with van der Waals surface area (Å²) in [5.74, 6) is 0.991. The van der Waals surface area contributed by atoms with Crippen LogP contribution in [0.25, 0.3) is 0 Å². The molecule has 4 atom stereocenters. The second-order valence-corrected chi connectivity index (χ2v) is 7.43. The SMILES string of the molecule is C[C@@H]1C[C@@H]2CCC[C@@H]3C[C@H](CCc4ccc(F)cc4)N=C(N1)N32. The van der Waals surface area contributed by atoms with Gasteiger partial charge in [-0.05, 0) is 69.6 Å². The fraction of sp³-hybridized carbons (Fsp3) is 0.632. The second kappa shape index (κ2) is 6.14. The highest BCUT2D eigenvalue weighted by atomic mass is 19.1. The van der Waals surface area contributed by atoms with Gasteiger partial charge in [-0.25, -0.2) is 9.38 Å². The van der Waals surface area contributed by atoms with Crippen molar-refractivity contribution in [2.45, 2.75) is 76.0 Å². The molecular formula is C19H26FN3. The summed E-state index contributed by atoms with van der Waals surface area (Å²) >= 11 is 0. The molecule has 1 aromatic carbocycles. The first-order valence-corrected chi connectivity index (χ1v) is 9.06. The van der Waals surface area contributed by atoms with Crippen LogP contribution < -0.4 is 5.32 Å². The Morgan fingerprint density at radius 3 is 2.70 bits per heavy atom. The highest BCUT2D eigenvalue weighted by Gasteiger charge is 2.40. The topological polar surface area (TPSA) is 27.6 Å². The number of guanidine groups is 1. The third-order valence-corrected chi connectivity index (χ3v) is 5.64. The number of hydrogen-bond donors (Lipinski definition) is 1. The van der Waals surface area contributed by atoms with E-state index in [1.807, 2.05) is 12.1 Å². The molecule has 3 aliphatic heterocycles. The Morgan fingerprint density at radius 1 is 1.17 bits per heavy atom. The van der Waals surface area contributed by atoms with Gasteiger partial charge in [-0.3, -0.25) is 0 Å². The van der Waals surface area contributed by atoms with E-state index in [9.17, 15) is 4.39 Å². The lowest BCUT2D eigenvalue weighted by atomic mass is 9.85. The van der Waals surface area contributed by atoms with E-state index in [0.29, 0.717) is 24.2 Å². The van der Waals surface area contributed by atoms with Gasteiger partial charge in [0.15, 0.2) is 5.96 Å². The Kier molecular flexibility index (Phi) is 4.00. The van der Waals surface area contributed by atoms with E-state index in [4.69, 9.17) is 4.99 Å². The smallest absolute Gasteiger partial charge is 0.194 e. The summed E-state index contributed by atoms with van der Waals surface area (Å²) in [4.78, 5) is 7.61. The van der Waals surface area contributed by atoms with Crippen LogP contribution in [0.4, 0.5) is 4.39 Å². The summed E-state index contributed by atoms with van der Waals surface area (Å²) in [5.41, 5.74) is 1.21. The standard InChI is InChI=1S/C19H26FN3/c1-13-11-17-3-2-4-18-12-16(22-19(21-13)23(17)18)10-7-14-5-8-15(20)9-6-14/h5-6,8-9,13,16-18H,2-4,7,10-12H2,1H3,(H,21,22)/t13-,16+,17+,18-/m1/s1. The molecule has 0 aromatic heterocycles. The quantitative estimate of drug-likeness (QED) is 0.924.